The summed E-state index contributed by atoms with van der Waals surface area (Å²) < 4.78 is 61.8. The van der Waals surface area contributed by atoms with E-state index in [1.165, 1.54) is 7.11 Å². The Balaban J connectivity index is 0.00000544. The maximum atomic E-state index is 12.5. The van der Waals surface area contributed by atoms with Crippen LogP contribution < -0.4 is 70.9 Å². The standard InChI is InChI=1S/C22H27O8PS.K/c1-22(2,3)21(23)30-17-14-15(10-8-9-13-32(25,26)27)20(31-24)19(18(17)28-4)29-16-11-6-5-7-12-16;/h5-7,11-12,14H,8-10,13H2,1-4H3,(H,25,26,27);/q;+1. The van der Waals surface area contributed by atoms with Crippen LogP contribution in [0.1, 0.15) is 39.2 Å². The van der Waals surface area contributed by atoms with Crippen LogP contribution in [0.4, 0.5) is 0 Å². The Bertz CT molecular complexity index is 1070. The molecule has 0 spiro atoms. The van der Waals surface area contributed by atoms with E-state index in [1.807, 2.05) is 6.07 Å². The smallest absolute Gasteiger partial charge is 0.748 e. The molecule has 0 N–H and O–H groups in total. The molecule has 0 saturated carbocycles. The molecule has 0 aliphatic heterocycles. The minimum absolute atomic E-state index is 0. The predicted molar refractivity (Wildman–Crippen MR) is 121 cm³/mol. The molecule has 0 radical (unpaired) electrons. The van der Waals surface area contributed by atoms with Crippen LogP contribution in [0.15, 0.2) is 36.4 Å². The molecule has 0 fully saturated rings. The third-order valence-electron chi connectivity index (χ3n) is 4.46. The molecule has 0 bridgehead atoms. The Morgan fingerprint density at radius 1 is 1.09 bits per heavy atom. The Hall–Kier alpha value is -0.844. The molecule has 0 aliphatic rings. The van der Waals surface area contributed by atoms with E-state index >= 15 is 0 Å². The monoisotopic (exact) mass is 521 g/mol. The van der Waals surface area contributed by atoms with E-state index in [2.05, 4.69) is 0 Å². The molecule has 2 aromatic carbocycles. The summed E-state index contributed by atoms with van der Waals surface area (Å²) in [5, 5.41) is 0.339. The molecular weight excluding hydrogens is 494 g/mol. The second-order valence-corrected chi connectivity index (χ2v) is 10.4. The number of aryl methyl sites for hydroxylation is 1. The van der Waals surface area contributed by atoms with Crippen molar-refractivity contribution < 1.29 is 87.9 Å². The largest absolute Gasteiger partial charge is 1.00 e. The van der Waals surface area contributed by atoms with E-state index in [-0.39, 0.29) is 75.1 Å². The third-order valence-corrected chi connectivity index (χ3v) is 6.00. The molecule has 2 rings (SSSR count). The maximum Gasteiger partial charge on any atom is 1.00 e. The molecule has 33 heavy (non-hydrogen) atoms. The number of rotatable bonds is 10. The fourth-order valence-electron chi connectivity index (χ4n) is 2.80. The van der Waals surface area contributed by atoms with E-state index in [0.717, 1.165) is 0 Å². The van der Waals surface area contributed by atoms with Gasteiger partial charge in [-0.1, -0.05) is 22.8 Å². The Morgan fingerprint density at radius 2 is 1.73 bits per heavy atom. The summed E-state index contributed by atoms with van der Waals surface area (Å²) in [4.78, 5) is 12.5. The van der Waals surface area contributed by atoms with Gasteiger partial charge < -0.3 is 18.8 Å². The van der Waals surface area contributed by atoms with E-state index in [1.54, 1.807) is 51.1 Å². The van der Waals surface area contributed by atoms with Crippen molar-refractivity contribution >= 4 is 29.9 Å². The van der Waals surface area contributed by atoms with Crippen LogP contribution in [0.25, 0.3) is 0 Å². The first-order chi connectivity index (χ1) is 15.0. The molecule has 0 heterocycles. The summed E-state index contributed by atoms with van der Waals surface area (Å²) in [5.74, 6) is -0.146. The summed E-state index contributed by atoms with van der Waals surface area (Å²) in [6, 6.07) is 10.3. The normalized spacial score (nSPS) is 11.5. The first-order valence-electron chi connectivity index (χ1n) is 9.97. The van der Waals surface area contributed by atoms with Gasteiger partial charge in [-0.25, -0.2) is 8.42 Å². The van der Waals surface area contributed by atoms with Gasteiger partial charge >= 0.3 is 65.8 Å². The van der Waals surface area contributed by atoms with Crippen LogP contribution in [0.3, 0.4) is 0 Å². The molecular formula is C22H27KO8PS+. The van der Waals surface area contributed by atoms with E-state index < -0.39 is 35.7 Å². The Labute approximate surface area is 238 Å². The van der Waals surface area contributed by atoms with E-state index in [9.17, 15) is 22.3 Å². The van der Waals surface area contributed by atoms with Crippen molar-refractivity contribution in [2.24, 2.45) is 5.41 Å². The van der Waals surface area contributed by atoms with Crippen molar-refractivity contribution in [2.45, 2.75) is 40.0 Å². The average Bonchev–Trinajstić information content (AvgIpc) is 2.70. The summed E-state index contributed by atoms with van der Waals surface area (Å²) in [6.07, 6.45) is 0.795. The zero-order valence-electron chi connectivity index (χ0n) is 19.5. The number of carbonyl (C=O) groups excluding carboxylic acids is 1. The van der Waals surface area contributed by atoms with Gasteiger partial charge in [0.2, 0.25) is 16.8 Å². The van der Waals surface area contributed by atoms with Crippen molar-refractivity contribution in [3.8, 4) is 23.0 Å². The van der Waals surface area contributed by atoms with Crippen LogP contribution in [-0.2, 0) is 25.9 Å². The molecule has 1 unspecified atom stereocenters. The quantitative estimate of drug-likeness (QED) is 0.113. The van der Waals surface area contributed by atoms with E-state index in [4.69, 9.17) is 14.2 Å². The first-order valence-corrected chi connectivity index (χ1v) is 12.5. The summed E-state index contributed by atoms with van der Waals surface area (Å²) in [5.41, 5.74) is -0.238. The summed E-state index contributed by atoms with van der Waals surface area (Å²) in [7, 11) is -3.85. The van der Waals surface area contributed by atoms with Gasteiger partial charge in [0.25, 0.3) is 0 Å². The van der Waals surface area contributed by atoms with Gasteiger partial charge in [0.1, 0.15) is 5.75 Å². The molecule has 1 atom stereocenters. The number of hydrogen-bond acceptors (Lipinski definition) is 8. The second-order valence-electron chi connectivity index (χ2n) is 8.15. The van der Waals surface area contributed by atoms with Crippen LogP contribution in [0.2, 0.25) is 0 Å². The van der Waals surface area contributed by atoms with Crippen LogP contribution in [0.5, 0.6) is 23.0 Å². The van der Waals surface area contributed by atoms with Gasteiger partial charge in [0.15, 0.2) is 5.75 Å². The van der Waals surface area contributed by atoms with Gasteiger partial charge in [-0.3, -0.25) is 4.79 Å². The third kappa shape index (κ3) is 9.37. The molecule has 0 aliphatic carbocycles. The number of carbonyl (C=O) groups is 1. The molecule has 2 aromatic rings. The van der Waals surface area contributed by atoms with Gasteiger partial charge in [0, 0.05) is 11.3 Å². The van der Waals surface area contributed by atoms with Crippen LogP contribution >= 0.6 is 8.46 Å². The van der Waals surface area contributed by atoms with Crippen molar-refractivity contribution in [3.05, 3.63) is 42.0 Å². The zero-order chi connectivity index (χ0) is 23.9. The first kappa shape index (κ1) is 30.2. The van der Waals surface area contributed by atoms with Crippen LogP contribution in [0, 0.1) is 5.41 Å². The molecule has 8 nitrogen and oxygen atoms in total. The van der Waals surface area contributed by atoms with E-state index in [0.29, 0.717) is 29.5 Å². The molecule has 0 amide bonds. The van der Waals surface area contributed by atoms with Crippen molar-refractivity contribution in [1.82, 2.24) is 0 Å². The Kier molecular flexibility index (Phi) is 12.2. The molecule has 11 heteroatoms. The fourth-order valence-corrected chi connectivity index (χ4v) is 3.94. The molecule has 174 valence electrons. The second kappa shape index (κ2) is 13.3. The van der Waals surface area contributed by atoms with Gasteiger partial charge in [-0.2, -0.15) is 0 Å². The zero-order valence-corrected chi connectivity index (χ0v) is 24.4. The van der Waals surface area contributed by atoms with Crippen LogP contribution in [-0.4, -0.2) is 31.8 Å². The van der Waals surface area contributed by atoms with Gasteiger partial charge in [-0.05, 0) is 58.2 Å². The average molecular weight is 522 g/mol. The Morgan fingerprint density at radius 3 is 2.24 bits per heavy atom. The fraction of sp³-hybridized carbons (Fsp3) is 0.409. The maximum absolute atomic E-state index is 12.5. The number of unbranched alkanes of at least 4 members (excludes halogenated alkanes) is 1. The minimum Gasteiger partial charge on any atom is -0.748 e. The SMILES string of the molecule is COc1c(OC(=O)C(C)(C)C)cc(CCCCS(=O)(=O)[O-])c([PH+]=O)c1Oc1ccccc1.[K+]. The molecule has 0 saturated heterocycles. The van der Waals surface area contributed by atoms with Gasteiger partial charge in [-0.15, -0.1) is 0 Å². The van der Waals surface area contributed by atoms with Crippen molar-refractivity contribution in [1.29, 1.82) is 0 Å². The summed E-state index contributed by atoms with van der Waals surface area (Å²) >= 11 is 0. The number of para-hydroxylation sites is 1. The van der Waals surface area contributed by atoms with Crippen molar-refractivity contribution in [2.75, 3.05) is 12.9 Å². The van der Waals surface area contributed by atoms with Gasteiger partial charge in [0.05, 0.1) is 22.6 Å². The number of hydrogen-bond donors (Lipinski definition) is 0. The van der Waals surface area contributed by atoms with Crippen molar-refractivity contribution in [3.63, 3.8) is 0 Å². The predicted octanol–water partition coefficient (Wildman–Crippen LogP) is 0.960. The summed E-state index contributed by atoms with van der Waals surface area (Å²) in [6.45, 7) is 5.13. The number of esters is 1. The number of benzene rings is 2. The minimum atomic E-state index is -4.32. The number of ether oxygens (including phenoxy) is 3. The topological polar surface area (TPSA) is 119 Å². The number of methoxy groups -OCH3 is 1. The molecule has 0 aromatic heterocycles.